The van der Waals surface area contributed by atoms with Gasteiger partial charge in [0.2, 0.25) is 5.91 Å². The van der Waals surface area contributed by atoms with E-state index in [1.54, 1.807) is 0 Å². The van der Waals surface area contributed by atoms with Crippen LogP contribution in [0.2, 0.25) is 0 Å². The third kappa shape index (κ3) is 3.43. The predicted molar refractivity (Wildman–Crippen MR) is 92.4 cm³/mol. The molecule has 0 bridgehead atoms. The lowest BCUT2D eigenvalue weighted by atomic mass is 9.55. The van der Waals surface area contributed by atoms with Gasteiger partial charge >= 0.3 is 0 Å². The van der Waals surface area contributed by atoms with E-state index < -0.39 is 0 Å². The highest BCUT2D eigenvalue weighted by atomic mass is 16.5. The molecule has 2 atom stereocenters. The topological polar surface area (TPSA) is 41.6 Å². The molecule has 4 heteroatoms. The molecule has 1 spiro atoms. The summed E-state index contributed by atoms with van der Waals surface area (Å²) in [6.07, 6.45) is 11.3. The highest BCUT2D eigenvalue weighted by Gasteiger charge is 2.55. The number of hydrogen-bond donors (Lipinski definition) is 1. The molecule has 0 aromatic heterocycles. The van der Waals surface area contributed by atoms with Crippen LogP contribution < -0.4 is 5.32 Å². The third-order valence-electron chi connectivity index (χ3n) is 6.52. The molecule has 1 N–H and O–H groups in total. The minimum atomic E-state index is 0.312. The Bertz CT molecular complexity index is 398. The Morgan fingerprint density at radius 1 is 1.17 bits per heavy atom. The lowest BCUT2D eigenvalue weighted by Gasteiger charge is -2.59. The molecule has 2 aliphatic carbocycles. The lowest BCUT2D eigenvalue weighted by Crippen LogP contribution is -2.66. The van der Waals surface area contributed by atoms with Crippen molar-refractivity contribution in [1.29, 1.82) is 0 Å². The zero-order chi connectivity index (χ0) is 16.3. The Balaban J connectivity index is 1.53. The Kier molecular flexibility index (Phi) is 5.63. The molecular weight excluding hydrogens is 288 g/mol. The van der Waals surface area contributed by atoms with Crippen molar-refractivity contribution in [2.75, 3.05) is 19.7 Å². The van der Waals surface area contributed by atoms with Crippen LogP contribution in [-0.4, -0.2) is 48.7 Å². The number of rotatable bonds is 5. The van der Waals surface area contributed by atoms with Crippen LogP contribution in [0, 0.1) is 5.41 Å². The average Bonchev–Trinajstić information content (AvgIpc) is 2.61. The van der Waals surface area contributed by atoms with Crippen LogP contribution in [0.25, 0.3) is 0 Å². The molecular formula is C19H34N2O2. The number of hydrogen-bond acceptors (Lipinski definition) is 3. The van der Waals surface area contributed by atoms with Crippen LogP contribution in [0.4, 0.5) is 0 Å². The van der Waals surface area contributed by atoms with Crippen LogP contribution >= 0.6 is 0 Å². The largest absolute Gasteiger partial charge is 0.378 e. The van der Waals surface area contributed by atoms with Gasteiger partial charge in [0, 0.05) is 43.6 Å². The first-order valence-electron chi connectivity index (χ1n) is 9.85. The first kappa shape index (κ1) is 17.2. The highest BCUT2D eigenvalue weighted by molar-refractivity contribution is 5.75. The fourth-order valence-corrected chi connectivity index (χ4v) is 5.10. The molecule has 4 nitrogen and oxygen atoms in total. The molecule has 23 heavy (non-hydrogen) atoms. The minimum Gasteiger partial charge on any atom is -0.378 e. The van der Waals surface area contributed by atoms with E-state index >= 15 is 0 Å². The molecule has 1 saturated heterocycles. The van der Waals surface area contributed by atoms with E-state index in [0.717, 1.165) is 32.5 Å². The van der Waals surface area contributed by atoms with E-state index in [0.29, 0.717) is 35.9 Å². The molecule has 1 heterocycles. The summed E-state index contributed by atoms with van der Waals surface area (Å²) in [5.41, 5.74) is 0.407. The first-order chi connectivity index (χ1) is 11.2. The summed E-state index contributed by atoms with van der Waals surface area (Å²) in [5, 5.41) is 3.96. The van der Waals surface area contributed by atoms with E-state index in [4.69, 9.17) is 4.74 Å². The van der Waals surface area contributed by atoms with Gasteiger partial charge in [0.1, 0.15) is 0 Å². The Labute approximate surface area is 141 Å². The lowest BCUT2D eigenvalue weighted by molar-refractivity contribution is -0.153. The molecule has 0 aromatic rings. The zero-order valence-electron chi connectivity index (χ0n) is 15.0. The van der Waals surface area contributed by atoms with Crippen LogP contribution in [0.3, 0.4) is 0 Å². The van der Waals surface area contributed by atoms with E-state index in [1.165, 1.54) is 38.5 Å². The van der Waals surface area contributed by atoms with E-state index in [2.05, 4.69) is 12.2 Å². The number of amides is 1. The second kappa shape index (κ2) is 7.52. The molecule has 3 aliphatic rings. The van der Waals surface area contributed by atoms with Crippen LogP contribution in [0.15, 0.2) is 0 Å². The second-order valence-electron chi connectivity index (χ2n) is 7.70. The summed E-state index contributed by atoms with van der Waals surface area (Å²) in [6.45, 7) is 6.79. The van der Waals surface area contributed by atoms with E-state index in [1.807, 2.05) is 11.8 Å². The highest BCUT2D eigenvalue weighted by Crippen LogP contribution is 2.53. The fraction of sp³-hybridized carbons (Fsp3) is 0.947. The van der Waals surface area contributed by atoms with Crippen molar-refractivity contribution in [3.8, 4) is 0 Å². The van der Waals surface area contributed by atoms with Gasteiger partial charge in [-0.25, -0.2) is 0 Å². The Morgan fingerprint density at radius 2 is 1.87 bits per heavy atom. The fourth-order valence-electron chi connectivity index (χ4n) is 5.10. The second-order valence-corrected chi connectivity index (χ2v) is 7.70. The Morgan fingerprint density at radius 3 is 2.48 bits per heavy atom. The van der Waals surface area contributed by atoms with Crippen LogP contribution in [0.5, 0.6) is 0 Å². The average molecular weight is 322 g/mol. The smallest absolute Gasteiger partial charge is 0.222 e. The summed E-state index contributed by atoms with van der Waals surface area (Å²) >= 11 is 0. The number of ether oxygens (including phenoxy) is 1. The van der Waals surface area contributed by atoms with E-state index in [9.17, 15) is 4.79 Å². The summed E-state index contributed by atoms with van der Waals surface area (Å²) < 4.78 is 6.06. The molecule has 0 unspecified atom stereocenters. The first-order valence-corrected chi connectivity index (χ1v) is 9.85. The number of nitrogens with zero attached hydrogens (tertiary/aromatic N) is 1. The standard InChI is InChI=1S/C19H34N2O2/c1-3-18(22)21-12-8-15(9-13-21)20-16-14-17(23-4-2)19(16)10-6-5-7-11-19/h15-17,20H,3-14H2,1-2H3/t16-,17-/m0/s1. The molecule has 0 aromatic carbocycles. The van der Waals surface area contributed by atoms with E-state index in [-0.39, 0.29) is 0 Å². The number of nitrogens with one attached hydrogen (secondary N) is 1. The molecule has 2 saturated carbocycles. The summed E-state index contributed by atoms with van der Waals surface area (Å²) in [4.78, 5) is 13.8. The van der Waals surface area contributed by atoms with Crippen molar-refractivity contribution in [2.24, 2.45) is 5.41 Å². The minimum absolute atomic E-state index is 0.312. The predicted octanol–water partition coefficient (Wildman–Crippen LogP) is 3.10. The van der Waals surface area contributed by atoms with Gasteiger partial charge in [-0.05, 0) is 39.0 Å². The van der Waals surface area contributed by atoms with Gasteiger partial charge in [-0.3, -0.25) is 4.79 Å². The van der Waals surface area contributed by atoms with Gasteiger partial charge < -0.3 is 15.0 Å². The maximum Gasteiger partial charge on any atom is 0.222 e. The van der Waals surface area contributed by atoms with Gasteiger partial charge in [-0.1, -0.05) is 26.2 Å². The van der Waals surface area contributed by atoms with Crippen molar-refractivity contribution in [2.45, 2.75) is 89.8 Å². The molecule has 1 aliphatic heterocycles. The van der Waals surface area contributed by atoms with Crippen molar-refractivity contribution in [3.63, 3.8) is 0 Å². The van der Waals surface area contributed by atoms with Gasteiger partial charge in [-0.2, -0.15) is 0 Å². The summed E-state index contributed by atoms with van der Waals surface area (Å²) in [6, 6.07) is 1.22. The molecule has 3 rings (SSSR count). The van der Waals surface area contributed by atoms with Crippen LogP contribution in [-0.2, 0) is 9.53 Å². The van der Waals surface area contributed by atoms with Gasteiger partial charge in [0.25, 0.3) is 0 Å². The normalized spacial score (nSPS) is 31.1. The van der Waals surface area contributed by atoms with Crippen molar-refractivity contribution in [3.05, 3.63) is 0 Å². The maximum absolute atomic E-state index is 11.8. The summed E-state index contributed by atoms with van der Waals surface area (Å²) in [7, 11) is 0. The van der Waals surface area contributed by atoms with Crippen LogP contribution in [0.1, 0.15) is 71.6 Å². The zero-order valence-corrected chi connectivity index (χ0v) is 15.0. The number of carbonyl (C=O) groups is 1. The third-order valence-corrected chi connectivity index (χ3v) is 6.52. The number of piperidine rings is 1. The molecule has 3 fully saturated rings. The SMILES string of the molecule is CCO[C@H]1C[C@H](NC2CCN(C(=O)CC)CC2)C12CCCCC2. The van der Waals surface area contributed by atoms with Gasteiger partial charge in [-0.15, -0.1) is 0 Å². The molecule has 0 radical (unpaired) electrons. The quantitative estimate of drug-likeness (QED) is 0.845. The molecule has 1 amide bonds. The maximum atomic E-state index is 11.8. The van der Waals surface area contributed by atoms with Gasteiger partial charge in [0.15, 0.2) is 0 Å². The molecule has 132 valence electrons. The summed E-state index contributed by atoms with van der Waals surface area (Å²) in [5.74, 6) is 0.312. The monoisotopic (exact) mass is 322 g/mol. The van der Waals surface area contributed by atoms with Gasteiger partial charge in [0.05, 0.1) is 6.10 Å². The number of carbonyl (C=O) groups excluding carboxylic acids is 1. The number of likely N-dealkylation sites (tertiary alicyclic amines) is 1. The Hall–Kier alpha value is -0.610. The van der Waals surface area contributed by atoms with Crippen molar-refractivity contribution >= 4 is 5.91 Å². The van der Waals surface area contributed by atoms with Crippen molar-refractivity contribution in [1.82, 2.24) is 10.2 Å². The van der Waals surface area contributed by atoms with Crippen molar-refractivity contribution < 1.29 is 9.53 Å².